The van der Waals surface area contributed by atoms with E-state index in [2.05, 4.69) is 0 Å². The molecule has 0 aliphatic rings. The third-order valence-electron chi connectivity index (χ3n) is 2.24. The molecule has 17 heavy (non-hydrogen) atoms. The van der Waals surface area contributed by atoms with E-state index < -0.39 is 11.8 Å². The first-order valence-electron chi connectivity index (χ1n) is 5.05. The number of benzene rings is 1. The monoisotopic (exact) mass is 238 g/mol. The Morgan fingerprint density at radius 3 is 2.41 bits per heavy atom. The summed E-state index contributed by atoms with van der Waals surface area (Å²) in [5.41, 5.74) is 5.20. The molecule has 1 aromatic carbocycles. The van der Waals surface area contributed by atoms with Crippen LogP contribution in [0.5, 0.6) is 11.5 Å². The predicted octanol–water partition coefficient (Wildman–Crippen LogP) is 0.0452. The second-order valence-corrected chi connectivity index (χ2v) is 3.49. The highest BCUT2D eigenvalue weighted by Gasteiger charge is 2.17. The van der Waals surface area contributed by atoms with E-state index in [1.165, 1.54) is 17.0 Å². The molecule has 0 aliphatic heterocycles. The van der Waals surface area contributed by atoms with Gasteiger partial charge in [-0.05, 0) is 25.1 Å². The van der Waals surface area contributed by atoms with Crippen LogP contribution >= 0.6 is 0 Å². The van der Waals surface area contributed by atoms with Crippen LogP contribution in [0.3, 0.4) is 0 Å². The van der Waals surface area contributed by atoms with Gasteiger partial charge >= 0.3 is 0 Å². The minimum absolute atomic E-state index is 0.184. The number of nitrogens with zero attached hydrogens (tertiary/aromatic N) is 1. The number of hydrogen-bond donors (Lipinski definition) is 3. The highest BCUT2D eigenvalue weighted by molar-refractivity contribution is 5.96. The Bertz CT molecular complexity index is 445. The minimum Gasteiger partial charge on any atom is -0.504 e. The summed E-state index contributed by atoms with van der Waals surface area (Å²) in [4.78, 5) is 23.9. The predicted molar refractivity (Wildman–Crippen MR) is 60.5 cm³/mol. The van der Waals surface area contributed by atoms with Gasteiger partial charge in [-0.3, -0.25) is 9.59 Å². The summed E-state index contributed by atoms with van der Waals surface area (Å²) in [7, 11) is 0. The largest absolute Gasteiger partial charge is 0.504 e. The minimum atomic E-state index is -0.608. The molecule has 0 saturated carbocycles. The number of primary amides is 1. The summed E-state index contributed by atoms with van der Waals surface area (Å²) in [5, 5.41) is 18.4. The Hall–Kier alpha value is -2.24. The van der Waals surface area contributed by atoms with Crippen LogP contribution in [-0.2, 0) is 4.79 Å². The maximum absolute atomic E-state index is 11.9. The fourth-order valence-electron chi connectivity index (χ4n) is 1.35. The zero-order valence-electron chi connectivity index (χ0n) is 9.38. The number of phenolic OH excluding ortho intramolecular Hbond substituents is 2. The van der Waals surface area contributed by atoms with Crippen LogP contribution in [0.25, 0.3) is 0 Å². The molecule has 4 N–H and O–H groups in total. The second kappa shape index (κ2) is 5.20. The molecule has 92 valence electrons. The van der Waals surface area contributed by atoms with E-state index >= 15 is 0 Å². The van der Waals surface area contributed by atoms with Gasteiger partial charge in [0.1, 0.15) is 0 Å². The third-order valence-corrected chi connectivity index (χ3v) is 2.24. The van der Waals surface area contributed by atoms with Crippen LogP contribution in [0, 0.1) is 0 Å². The summed E-state index contributed by atoms with van der Waals surface area (Å²) in [6, 6.07) is 3.71. The number of likely N-dealkylation sites (N-methyl/N-ethyl adjacent to an activating group) is 1. The Kier molecular flexibility index (Phi) is 3.92. The van der Waals surface area contributed by atoms with Gasteiger partial charge in [-0.15, -0.1) is 0 Å². The Morgan fingerprint density at radius 2 is 1.94 bits per heavy atom. The topological polar surface area (TPSA) is 104 Å². The molecule has 0 aliphatic carbocycles. The van der Waals surface area contributed by atoms with E-state index in [1.54, 1.807) is 6.92 Å². The van der Waals surface area contributed by atoms with Crippen LogP contribution in [0.4, 0.5) is 0 Å². The highest BCUT2D eigenvalue weighted by atomic mass is 16.3. The number of phenols is 2. The van der Waals surface area contributed by atoms with Gasteiger partial charge in [0.2, 0.25) is 5.91 Å². The highest BCUT2D eigenvalue weighted by Crippen LogP contribution is 2.25. The lowest BCUT2D eigenvalue weighted by Gasteiger charge is -2.19. The van der Waals surface area contributed by atoms with E-state index in [9.17, 15) is 14.7 Å². The van der Waals surface area contributed by atoms with Crippen molar-refractivity contribution in [1.82, 2.24) is 4.90 Å². The van der Waals surface area contributed by atoms with Crippen LogP contribution in [0.1, 0.15) is 17.3 Å². The number of amides is 2. The maximum Gasteiger partial charge on any atom is 0.254 e. The van der Waals surface area contributed by atoms with Crippen molar-refractivity contribution >= 4 is 11.8 Å². The van der Waals surface area contributed by atoms with Crippen LogP contribution in [0.2, 0.25) is 0 Å². The van der Waals surface area contributed by atoms with Gasteiger partial charge in [0, 0.05) is 12.1 Å². The number of aromatic hydroxyl groups is 2. The van der Waals surface area contributed by atoms with E-state index in [0.29, 0.717) is 6.54 Å². The van der Waals surface area contributed by atoms with Gasteiger partial charge in [-0.25, -0.2) is 0 Å². The van der Waals surface area contributed by atoms with Gasteiger partial charge in [-0.1, -0.05) is 0 Å². The van der Waals surface area contributed by atoms with Gasteiger partial charge in [0.25, 0.3) is 5.91 Å². The molecule has 6 heteroatoms. The van der Waals surface area contributed by atoms with Crippen molar-refractivity contribution in [2.24, 2.45) is 5.73 Å². The van der Waals surface area contributed by atoms with E-state index in [-0.39, 0.29) is 23.6 Å². The van der Waals surface area contributed by atoms with Gasteiger partial charge in [0.05, 0.1) is 6.54 Å². The van der Waals surface area contributed by atoms with Crippen molar-refractivity contribution in [1.29, 1.82) is 0 Å². The normalized spacial score (nSPS) is 9.94. The zero-order valence-corrected chi connectivity index (χ0v) is 9.38. The van der Waals surface area contributed by atoms with Crippen molar-refractivity contribution in [3.63, 3.8) is 0 Å². The van der Waals surface area contributed by atoms with Gasteiger partial charge in [-0.2, -0.15) is 0 Å². The molecule has 1 rings (SSSR count). The molecule has 0 fully saturated rings. The van der Waals surface area contributed by atoms with Crippen molar-refractivity contribution in [2.75, 3.05) is 13.1 Å². The summed E-state index contributed by atoms with van der Waals surface area (Å²) in [6.07, 6.45) is 0. The molecule has 1 aromatic rings. The number of carbonyl (C=O) groups is 2. The van der Waals surface area contributed by atoms with Crippen LogP contribution in [-0.4, -0.2) is 40.0 Å². The molecule has 0 radical (unpaired) electrons. The van der Waals surface area contributed by atoms with Crippen LogP contribution in [0.15, 0.2) is 18.2 Å². The Labute approximate surface area is 98.3 Å². The number of rotatable bonds is 4. The molecule has 6 nitrogen and oxygen atoms in total. The van der Waals surface area contributed by atoms with E-state index in [0.717, 1.165) is 6.07 Å². The molecular formula is C11H14N2O4. The molecule has 0 aromatic heterocycles. The van der Waals surface area contributed by atoms with Gasteiger partial charge in [0.15, 0.2) is 11.5 Å². The molecule has 0 saturated heterocycles. The Morgan fingerprint density at radius 1 is 1.29 bits per heavy atom. The first kappa shape index (κ1) is 12.8. The Balaban J connectivity index is 2.93. The fraction of sp³-hybridized carbons (Fsp3) is 0.273. The van der Waals surface area contributed by atoms with Gasteiger partial charge < -0.3 is 20.8 Å². The number of carbonyl (C=O) groups excluding carboxylic acids is 2. The summed E-state index contributed by atoms with van der Waals surface area (Å²) >= 11 is 0. The molecule has 2 amide bonds. The smallest absolute Gasteiger partial charge is 0.254 e. The SMILES string of the molecule is CCN(CC(N)=O)C(=O)c1ccc(O)c(O)c1. The summed E-state index contributed by atoms with van der Waals surface area (Å²) in [5.74, 6) is -1.73. The quantitative estimate of drug-likeness (QED) is 0.644. The zero-order chi connectivity index (χ0) is 13.0. The van der Waals surface area contributed by atoms with E-state index in [4.69, 9.17) is 10.8 Å². The van der Waals surface area contributed by atoms with Crippen molar-refractivity contribution in [2.45, 2.75) is 6.92 Å². The summed E-state index contributed by atoms with van der Waals surface area (Å²) < 4.78 is 0. The lowest BCUT2D eigenvalue weighted by Crippen LogP contribution is -2.38. The fourth-order valence-corrected chi connectivity index (χ4v) is 1.35. The lowest BCUT2D eigenvalue weighted by atomic mass is 10.1. The van der Waals surface area contributed by atoms with Crippen molar-refractivity contribution < 1.29 is 19.8 Å². The average molecular weight is 238 g/mol. The number of hydrogen-bond acceptors (Lipinski definition) is 4. The molecule has 0 bridgehead atoms. The van der Waals surface area contributed by atoms with Crippen LogP contribution < -0.4 is 5.73 Å². The number of nitrogens with two attached hydrogens (primary N) is 1. The molecule has 0 spiro atoms. The third kappa shape index (κ3) is 3.10. The maximum atomic E-state index is 11.9. The first-order valence-corrected chi connectivity index (χ1v) is 5.05. The van der Waals surface area contributed by atoms with Crippen molar-refractivity contribution in [3.05, 3.63) is 23.8 Å². The van der Waals surface area contributed by atoms with E-state index in [1.807, 2.05) is 0 Å². The molecule has 0 atom stereocenters. The molecule has 0 unspecified atom stereocenters. The van der Waals surface area contributed by atoms with Crippen molar-refractivity contribution in [3.8, 4) is 11.5 Å². The lowest BCUT2D eigenvalue weighted by molar-refractivity contribution is -0.118. The second-order valence-electron chi connectivity index (χ2n) is 3.49. The molecular weight excluding hydrogens is 224 g/mol. The summed E-state index contributed by atoms with van der Waals surface area (Å²) in [6.45, 7) is 1.85. The standard InChI is InChI=1S/C11H14N2O4/c1-2-13(6-10(12)16)11(17)7-3-4-8(14)9(15)5-7/h3-5,14-15H,2,6H2,1H3,(H2,12,16). The average Bonchev–Trinajstić information content (AvgIpc) is 2.28. The first-order chi connectivity index (χ1) is 7.95. The molecule has 0 heterocycles.